The van der Waals surface area contributed by atoms with Crippen LogP contribution in [0, 0.1) is 0 Å². The molecule has 3 nitrogen and oxygen atoms in total. The first kappa shape index (κ1) is 12.1. The number of nitrogens with zero attached hydrogens (tertiary/aromatic N) is 1. The molecule has 0 radical (unpaired) electrons. The van der Waals surface area contributed by atoms with Crippen LogP contribution in [0.5, 0.6) is 0 Å². The summed E-state index contributed by atoms with van der Waals surface area (Å²) in [6, 6.07) is 6.58. The van der Waals surface area contributed by atoms with Gasteiger partial charge in [-0.15, -0.1) is 0 Å². The number of carbonyl (C=O) groups excluding carboxylic acids is 1. The molecular formula is C12H9Cl2NO2. The van der Waals surface area contributed by atoms with Crippen molar-refractivity contribution in [2.75, 3.05) is 6.61 Å². The molecule has 0 spiro atoms. The van der Waals surface area contributed by atoms with Crippen LogP contribution in [-0.4, -0.2) is 17.6 Å². The monoisotopic (exact) mass is 269 g/mol. The molecule has 5 heteroatoms. The summed E-state index contributed by atoms with van der Waals surface area (Å²) in [4.78, 5) is 15.9. The van der Waals surface area contributed by atoms with Gasteiger partial charge in [0.1, 0.15) is 5.15 Å². The van der Waals surface area contributed by atoms with Gasteiger partial charge in [0, 0.05) is 10.4 Å². The Kier molecular flexibility index (Phi) is 3.50. The van der Waals surface area contributed by atoms with E-state index in [1.54, 1.807) is 25.1 Å². The molecule has 0 saturated heterocycles. The largest absolute Gasteiger partial charge is 0.462 e. The second-order valence-corrected chi connectivity index (χ2v) is 4.20. The average Bonchev–Trinajstić information content (AvgIpc) is 2.27. The third-order valence-corrected chi connectivity index (χ3v) is 2.66. The topological polar surface area (TPSA) is 39.2 Å². The van der Waals surface area contributed by atoms with E-state index in [1.807, 2.05) is 0 Å². The van der Waals surface area contributed by atoms with Gasteiger partial charge in [-0.3, -0.25) is 0 Å². The highest BCUT2D eigenvalue weighted by Crippen LogP contribution is 2.24. The number of aromatic nitrogens is 1. The number of pyridine rings is 1. The Morgan fingerprint density at radius 3 is 2.82 bits per heavy atom. The molecule has 0 bridgehead atoms. The Morgan fingerprint density at radius 1 is 1.35 bits per heavy atom. The van der Waals surface area contributed by atoms with E-state index in [2.05, 4.69) is 4.98 Å². The highest BCUT2D eigenvalue weighted by molar-refractivity contribution is 6.32. The summed E-state index contributed by atoms with van der Waals surface area (Å²) in [7, 11) is 0. The average molecular weight is 270 g/mol. The Balaban J connectivity index is 2.65. The van der Waals surface area contributed by atoms with Gasteiger partial charge in [-0.1, -0.05) is 29.3 Å². The van der Waals surface area contributed by atoms with E-state index in [9.17, 15) is 4.79 Å². The molecule has 88 valence electrons. The lowest BCUT2D eigenvalue weighted by atomic mass is 10.1. The third-order valence-electron chi connectivity index (χ3n) is 2.24. The van der Waals surface area contributed by atoms with Crippen molar-refractivity contribution in [2.24, 2.45) is 0 Å². The van der Waals surface area contributed by atoms with Crippen molar-refractivity contribution in [2.45, 2.75) is 6.92 Å². The summed E-state index contributed by atoms with van der Waals surface area (Å²) in [5.41, 5.74) is 0.978. The summed E-state index contributed by atoms with van der Waals surface area (Å²) < 4.78 is 4.96. The lowest BCUT2D eigenvalue weighted by Gasteiger charge is -2.06. The summed E-state index contributed by atoms with van der Waals surface area (Å²) in [6.45, 7) is 2.06. The van der Waals surface area contributed by atoms with Crippen molar-refractivity contribution in [3.05, 3.63) is 40.0 Å². The fraction of sp³-hybridized carbons (Fsp3) is 0.167. The van der Waals surface area contributed by atoms with Crippen LogP contribution in [0.4, 0.5) is 0 Å². The predicted molar refractivity (Wildman–Crippen MR) is 67.7 cm³/mol. The summed E-state index contributed by atoms with van der Waals surface area (Å²) in [5, 5.41) is 1.46. The number of hydrogen-bond donors (Lipinski definition) is 0. The number of rotatable bonds is 2. The predicted octanol–water partition coefficient (Wildman–Crippen LogP) is 3.72. The van der Waals surface area contributed by atoms with Crippen molar-refractivity contribution in [3.63, 3.8) is 0 Å². The molecule has 0 atom stereocenters. The van der Waals surface area contributed by atoms with Crippen LogP contribution in [0.1, 0.15) is 17.3 Å². The summed E-state index contributed by atoms with van der Waals surface area (Å²) in [5.74, 6) is -0.413. The first-order valence-corrected chi connectivity index (χ1v) is 5.80. The minimum Gasteiger partial charge on any atom is -0.462 e. The molecule has 0 saturated carbocycles. The second kappa shape index (κ2) is 4.90. The van der Waals surface area contributed by atoms with Gasteiger partial charge in [0.25, 0.3) is 0 Å². The van der Waals surface area contributed by atoms with Crippen LogP contribution >= 0.6 is 23.2 Å². The number of halogens is 2. The van der Waals surface area contributed by atoms with Crippen LogP contribution in [-0.2, 0) is 4.74 Å². The molecular weight excluding hydrogens is 261 g/mol. The molecule has 0 aliphatic rings. The standard InChI is InChI=1S/C12H9Cl2NO2/c1-2-17-12(16)9-6-11(14)15-10-5-7(13)3-4-8(9)10/h3-6H,2H2,1H3. The highest BCUT2D eigenvalue weighted by Gasteiger charge is 2.13. The van der Waals surface area contributed by atoms with Gasteiger partial charge < -0.3 is 4.74 Å². The number of hydrogen-bond acceptors (Lipinski definition) is 3. The maximum Gasteiger partial charge on any atom is 0.338 e. The Bertz CT molecular complexity index is 579. The van der Waals surface area contributed by atoms with Crippen molar-refractivity contribution in [1.82, 2.24) is 4.98 Å². The zero-order valence-corrected chi connectivity index (χ0v) is 10.5. The lowest BCUT2D eigenvalue weighted by molar-refractivity contribution is 0.0528. The van der Waals surface area contributed by atoms with E-state index in [4.69, 9.17) is 27.9 Å². The molecule has 2 aromatic rings. The van der Waals surface area contributed by atoms with Crippen LogP contribution in [0.2, 0.25) is 10.2 Å². The van der Waals surface area contributed by atoms with E-state index in [1.165, 1.54) is 6.07 Å². The maximum absolute atomic E-state index is 11.8. The second-order valence-electron chi connectivity index (χ2n) is 3.37. The zero-order chi connectivity index (χ0) is 12.4. The number of fused-ring (bicyclic) bond motifs is 1. The van der Waals surface area contributed by atoms with Crippen LogP contribution in [0.15, 0.2) is 24.3 Å². The van der Waals surface area contributed by atoms with E-state index in [0.717, 1.165) is 0 Å². The van der Waals surface area contributed by atoms with Crippen molar-refractivity contribution < 1.29 is 9.53 Å². The quantitative estimate of drug-likeness (QED) is 0.616. The number of ether oxygens (including phenoxy) is 1. The lowest BCUT2D eigenvalue weighted by Crippen LogP contribution is -2.06. The van der Waals surface area contributed by atoms with Crippen LogP contribution in [0.25, 0.3) is 10.9 Å². The summed E-state index contributed by atoms with van der Waals surface area (Å²) in [6.07, 6.45) is 0. The van der Waals surface area contributed by atoms with Gasteiger partial charge in [0.15, 0.2) is 0 Å². The highest BCUT2D eigenvalue weighted by atomic mass is 35.5. The number of esters is 1. The SMILES string of the molecule is CCOC(=O)c1cc(Cl)nc2cc(Cl)ccc12. The molecule has 0 aliphatic carbocycles. The molecule has 1 heterocycles. The van der Waals surface area contributed by atoms with E-state index < -0.39 is 5.97 Å². The van der Waals surface area contributed by atoms with Crippen molar-refractivity contribution in [3.8, 4) is 0 Å². The molecule has 0 aliphatic heterocycles. The van der Waals surface area contributed by atoms with Gasteiger partial charge >= 0.3 is 5.97 Å². The smallest absolute Gasteiger partial charge is 0.338 e. The van der Waals surface area contributed by atoms with Gasteiger partial charge in [-0.05, 0) is 25.1 Å². The Hall–Kier alpha value is -1.32. The van der Waals surface area contributed by atoms with E-state index in [-0.39, 0.29) is 5.15 Å². The molecule has 17 heavy (non-hydrogen) atoms. The van der Waals surface area contributed by atoms with Gasteiger partial charge in [-0.2, -0.15) is 0 Å². The molecule has 0 amide bonds. The van der Waals surface area contributed by atoms with Crippen LogP contribution in [0.3, 0.4) is 0 Å². The fourth-order valence-corrected chi connectivity index (χ4v) is 1.91. The van der Waals surface area contributed by atoms with Crippen molar-refractivity contribution in [1.29, 1.82) is 0 Å². The maximum atomic E-state index is 11.8. The fourth-order valence-electron chi connectivity index (χ4n) is 1.55. The van der Waals surface area contributed by atoms with Crippen LogP contribution < -0.4 is 0 Å². The van der Waals surface area contributed by atoms with E-state index in [0.29, 0.717) is 28.1 Å². The Morgan fingerprint density at radius 2 is 2.12 bits per heavy atom. The zero-order valence-electron chi connectivity index (χ0n) is 9.04. The number of benzene rings is 1. The molecule has 0 unspecified atom stereocenters. The van der Waals surface area contributed by atoms with Gasteiger partial charge in [0.05, 0.1) is 17.7 Å². The molecule has 2 rings (SSSR count). The first-order valence-electron chi connectivity index (χ1n) is 5.04. The minimum atomic E-state index is -0.413. The van der Waals surface area contributed by atoms with Gasteiger partial charge in [-0.25, -0.2) is 9.78 Å². The first-order chi connectivity index (χ1) is 8.11. The molecule has 1 aromatic heterocycles. The van der Waals surface area contributed by atoms with E-state index >= 15 is 0 Å². The minimum absolute atomic E-state index is 0.239. The normalized spacial score (nSPS) is 10.5. The van der Waals surface area contributed by atoms with Crippen molar-refractivity contribution >= 4 is 40.1 Å². The molecule has 0 N–H and O–H groups in total. The van der Waals surface area contributed by atoms with Gasteiger partial charge in [0.2, 0.25) is 0 Å². The number of carbonyl (C=O) groups is 1. The molecule has 1 aromatic carbocycles. The Labute approximate surface area is 108 Å². The third kappa shape index (κ3) is 2.51. The molecule has 0 fully saturated rings. The summed E-state index contributed by atoms with van der Waals surface area (Å²) >= 11 is 11.7.